The van der Waals surface area contributed by atoms with Crippen LogP contribution in [0, 0.1) is 5.92 Å². The Hall–Kier alpha value is -3.41. The third-order valence-corrected chi connectivity index (χ3v) is 7.13. The summed E-state index contributed by atoms with van der Waals surface area (Å²) in [5.41, 5.74) is 8.38. The number of rotatable bonds is 7. The SMILES string of the molecule is Nc1nc2cc(CC[C@H]3C[C@@H](Nc4ncncc4C(=O)c4cnc[nH]4)[C@H](O)[C@@H]3O)ccc2cc1Br. The van der Waals surface area contributed by atoms with Crippen LogP contribution in [0.2, 0.25) is 0 Å². The third kappa shape index (κ3) is 4.75. The number of nitrogens with zero attached hydrogens (tertiary/aromatic N) is 4. The lowest BCUT2D eigenvalue weighted by Gasteiger charge is -2.19. The molecule has 0 radical (unpaired) electrons. The summed E-state index contributed by atoms with van der Waals surface area (Å²) in [6.45, 7) is 0. The van der Waals surface area contributed by atoms with Crippen molar-refractivity contribution in [3.63, 3.8) is 0 Å². The number of aryl methyl sites for hydroxylation is 1. The predicted molar refractivity (Wildman–Crippen MR) is 134 cm³/mol. The normalized spacial score (nSPS) is 21.9. The maximum atomic E-state index is 12.8. The Labute approximate surface area is 209 Å². The fourth-order valence-electron chi connectivity index (χ4n) is 4.58. The highest BCUT2D eigenvalue weighted by Gasteiger charge is 2.41. The summed E-state index contributed by atoms with van der Waals surface area (Å²) in [4.78, 5) is 32.0. The molecule has 1 saturated carbocycles. The van der Waals surface area contributed by atoms with Crippen LogP contribution >= 0.6 is 15.9 Å². The number of carbonyl (C=O) groups excluding carboxylic acids is 1. The van der Waals surface area contributed by atoms with Crippen LogP contribution < -0.4 is 11.1 Å². The number of imidazole rings is 1. The summed E-state index contributed by atoms with van der Waals surface area (Å²) >= 11 is 3.40. The number of nitrogens with one attached hydrogen (secondary N) is 2. The molecular formula is C24H24BrN7O3. The number of aliphatic hydroxyl groups excluding tert-OH is 2. The summed E-state index contributed by atoms with van der Waals surface area (Å²) in [6, 6.07) is 7.51. The van der Waals surface area contributed by atoms with Crippen molar-refractivity contribution in [3.8, 4) is 0 Å². The molecule has 1 aliphatic rings. The summed E-state index contributed by atoms with van der Waals surface area (Å²) < 4.78 is 0.762. The fraction of sp³-hybridized carbons (Fsp3) is 0.292. The van der Waals surface area contributed by atoms with Crippen molar-refractivity contribution in [1.29, 1.82) is 0 Å². The molecule has 0 saturated heterocycles. The van der Waals surface area contributed by atoms with Crippen LogP contribution in [0.25, 0.3) is 10.9 Å². The number of nitrogen functional groups attached to an aromatic ring is 1. The number of pyridine rings is 1. The van der Waals surface area contributed by atoms with Crippen molar-refractivity contribution >= 4 is 44.3 Å². The van der Waals surface area contributed by atoms with E-state index in [9.17, 15) is 15.0 Å². The van der Waals surface area contributed by atoms with Crippen molar-refractivity contribution in [2.24, 2.45) is 5.92 Å². The number of benzene rings is 1. The van der Waals surface area contributed by atoms with Crippen molar-refractivity contribution in [3.05, 3.63) is 70.6 Å². The number of hydrogen-bond acceptors (Lipinski definition) is 9. The first-order valence-corrected chi connectivity index (χ1v) is 12.0. The lowest BCUT2D eigenvalue weighted by molar-refractivity contribution is 0.0158. The number of halogens is 1. The second-order valence-corrected chi connectivity index (χ2v) is 9.58. The lowest BCUT2D eigenvalue weighted by Crippen LogP contribution is -2.35. The van der Waals surface area contributed by atoms with Crippen LogP contribution in [0.3, 0.4) is 0 Å². The molecule has 0 unspecified atom stereocenters. The number of aromatic amines is 1. The topological polar surface area (TPSA) is 163 Å². The molecule has 1 fully saturated rings. The smallest absolute Gasteiger partial charge is 0.216 e. The lowest BCUT2D eigenvalue weighted by atomic mass is 9.95. The Morgan fingerprint density at radius 3 is 2.86 bits per heavy atom. The van der Waals surface area contributed by atoms with Crippen LogP contribution in [-0.4, -0.2) is 59.2 Å². The van der Waals surface area contributed by atoms with Crippen molar-refractivity contribution in [2.45, 2.75) is 37.5 Å². The molecule has 5 rings (SSSR count). The van der Waals surface area contributed by atoms with E-state index in [0.717, 1.165) is 20.9 Å². The molecule has 4 atom stereocenters. The van der Waals surface area contributed by atoms with Gasteiger partial charge in [-0.3, -0.25) is 4.79 Å². The van der Waals surface area contributed by atoms with E-state index in [1.807, 2.05) is 24.3 Å². The zero-order chi connectivity index (χ0) is 24.5. The molecule has 6 N–H and O–H groups in total. The molecule has 0 amide bonds. The zero-order valence-corrected chi connectivity index (χ0v) is 20.2. The van der Waals surface area contributed by atoms with Gasteiger partial charge in [0, 0.05) is 11.6 Å². The standard InChI is InChI=1S/C24H24BrN7O3/c25-16-6-13-3-1-12(5-17(13)31-23(16)26)2-4-14-7-18(22(35)20(14)33)32-24-15(8-27-11-30-24)21(34)19-9-28-10-29-19/h1,3,5-6,8-11,14,18,20,22,33,35H,2,4,7H2,(H2,26,31)(H,28,29)(H,27,30,32)/t14-,18+,20+,22-/m0/s1. The number of aliphatic hydroxyl groups is 2. The number of carbonyl (C=O) groups is 1. The van der Waals surface area contributed by atoms with Crippen molar-refractivity contribution < 1.29 is 15.0 Å². The maximum absolute atomic E-state index is 12.8. The summed E-state index contributed by atoms with van der Waals surface area (Å²) in [5, 5.41) is 25.6. The fourth-order valence-corrected chi connectivity index (χ4v) is 4.91. The number of nitrogens with two attached hydrogens (primary N) is 1. The van der Waals surface area contributed by atoms with Gasteiger partial charge in [-0.15, -0.1) is 0 Å². The highest BCUT2D eigenvalue weighted by atomic mass is 79.9. The van der Waals surface area contributed by atoms with Gasteiger partial charge in [-0.2, -0.15) is 0 Å². The van der Waals surface area contributed by atoms with Gasteiger partial charge in [-0.25, -0.2) is 19.9 Å². The van der Waals surface area contributed by atoms with E-state index >= 15 is 0 Å². The summed E-state index contributed by atoms with van der Waals surface area (Å²) in [5.74, 6) is 0.302. The largest absolute Gasteiger partial charge is 0.390 e. The third-order valence-electron chi connectivity index (χ3n) is 6.49. The number of H-pyrrole nitrogens is 1. The second-order valence-electron chi connectivity index (χ2n) is 8.73. The van der Waals surface area contributed by atoms with Gasteiger partial charge in [-0.05, 0) is 58.8 Å². The highest BCUT2D eigenvalue weighted by Crippen LogP contribution is 2.33. The first kappa shape index (κ1) is 23.3. The highest BCUT2D eigenvalue weighted by molar-refractivity contribution is 9.10. The van der Waals surface area contributed by atoms with E-state index in [0.29, 0.717) is 36.6 Å². The van der Waals surface area contributed by atoms with Gasteiger partial charge >= 0.3 is 0 Å². The molecule has 0 spiro atoms. The van der Waals surface area contributed by atoms with Gasteiger partial charge in [-0.1, -0.05) is 12.1 Å². The van der Waals surface area contributed by atoms with Gasteiger partial charge in [0.1, 0.15) is 29.8 Å². The van der Waals surface area contributed by atoms with Crippen LogP contribution in [-0.2, 0) is 6.42 Å². The number of aromatic nitrogens is 5. The van der Waals surface area contributed by atoms with Crippen LogP contribution in [0.4, 0.5) is 11.6 Å². The molecule has 1 aliphatic carbocycles. The number of hydrogen-bond donors (Lipinski definition) is 5. The monoisotopic (exact) mass is 537 g/mol. The Bertz CT molecular complexity index is 1360. The molecule has 3 aromatic heterocycles. The summed E-state index contributed by atoms with van der Waals surface area (Å²) in [7, 11) is 0. The Morgan fingerprint density at radius 2 is 2.06 bits per heavy atom. The minimum absolute atomic E-state index is 0.130. The minimum Gasteiger partial charge on any atom is -0.390 e. The van der Waals surface area contributed by atoms with Crippen LogP contribution in [0.5, 0.6) is 0 Å². The Kier molecular flexibility index (Phi) is 6.46. The average Bonchev–Trinajstić information content (AvgIpc) is 3.48. The van der Waals surface area contributed by atoms with Crippen LogP contribution in [0.15, 0.2) is 53.8 Å². The molecule has 35 heavy (non-hydrogen) atoms. The average molecular weight is 538 g/mol. The maximum Gasteiger partial charge on any atom is 0.216 e. The first-order valence-electron chi connectivity index (χ1n) is 11.2. The molecule has 1 aromatic carbocycles. The van der Waals surface area contributed by atoms with E-state index in [4.69, 9.17) is 5.73 Å². The van der Waals surface area contributed by atoms with Crippen molar-refractivity contribution in [2.75, 3.05) is 11.1 Å². The predicted octanol–water partition coefficient (Wildman–Crippen LogP) is 2.48. The van der Waals surface area contributed by atoms with Gasteiger partial charge < -0.3 is 26.2 Å². The Balaban J connectivity index is 1.27. The number of ketones is 1. The molecule has 10 nitrogen and oxygen atoms in total. The van der Waals surface area contributed by atoms with E-state index in [1.165, 1.54) is 25.0 Å². The van der Waals surface area contributed by atoms with Crippen molar-refractivity contribution in [1.82, 2.24) is 24.9 Å². The molecule has 0 aliphatic heterocycles. The van der Waals surface area contributed by atoms with Crippen LogP contribution in [0.1, 0.15) is 34.5 Å². The summed E-state index contributed by atoms with van der Waals surface area (Å²) in [6.07, 6.45) is 5.63. The number of fused-ring (bicyclic) bond motifs is 1. The molecule has 3 heterocycles. The molecular weight excluding hydrogens is 514 g/mol. The second kappa shape index (κ2) is 9.68. The molecule has 11 heteroatoms. The van der Waals surface area contributed by atoms with E-state index in [2.05, 4.69) is 46.2 Å². The van der Waals surface area contributed by atoms with E-state index in [1.54, 1.807) is 0 Å². The van der Waals surface area contributed by atoms with E-state index in [-0.39, 0.29) is 17.3 Å². The van der Waals surface area contributed by atoms with Gasteiger partial charge in [0.25, 0.3) is 0 Å². The Morgan fingerprint density at radius 1 is 1.20 bits per heavy atom. The quantitative estimate of drug-likeness (QED) is 0.223. The molecule has 180 valence electrons. The first-order chi connectivity index (χ1) is 16.9. The zero-order valence-electron chi connectivity index (χ0n) is 18.6. The minimum atomic E-state index is -1.000. The van der Waals surface area contributed by atoms with E-state index < -0.39 is 18.2 Å². The van der Waals surface area contributed by atoms with Gasteiger partial charge in [0.2, 0.25) is 5.78 Å². The van der Waals surface area contributed by atoms with Gasteiger partial charge in [0.15, 0.2) is 0 Å². The molecule has 0 bridgehead atoms. The van der Waals surface area contributed by atoms with Gasteiger partial charge in [0.05, 0.1) is 40.2 Å². The molecule has 4 aromatic rings. The number of anilines is 2.